The maximum atomic E-state index is 13.0. The molecule has 1 aromatic carbocycles. The smallest absolute Gasteiger partial charge is 0.227 e. The van der Waals surface area contributed by atoms with Crippen LogP contribution in [0.5, 0.6) is 0 Å². The van der Waals surface area contributed by atoms with E-state index in [1.165, 1.54) is 24.3 Å². The molecule has 0 aliphatic carbocycles. The molecule has 0 radical (unpaired) electrons. The van der Waals surface area contributed by atoms with Crippen LogP contribution < -0.4 is 5.32 Å². The van der Waals surface area contributed by atoms with E-state index in [9.17, 15) is 19.1 Å². The van der Waals surface area contributed by atoms with Gasteiger partial charge in [0.05, 0.1) is 18.6 Å². The number of halogens is 1. The average molecular weight is 336 g/mol. The van der Waals surface area contributed by atoms with E-state index in [2.05, 4.69) is 5.32 Å². The summed E-state index contributed by atoms with van der Waals surface area (Å²) in [6, 6.07) is 5.64. The maximum absolute atomic E-state index is 13.0. The van der Waals surface area contributed by atoms with Gasteiger partial charge in [-0.05, 0) is 30.0 Å². The van der Waals surface area contributed by atoms with Crippen molar-refractivity contribution in [3.05, 3.63) is 35.6 Å². The lowest BCUT2D eigenvalue weighted by molar-refractivity contribution is -0.139. The van der Waals surface area contributed by atoms with Crippen LogP contribution in [-0.2, 0) is 9.59 Å². The second-order valence-electron chi connectivity index (χ2n) is 6.74. The van der Waals surface area contributed by atoms with E-state index in [0.717, 1.165) is 0 Å². The zero-order valence-corrected chi connectivity index (χ0v) is 14.2. The fourth-order valence-electron chi connectivity index (χ4n) is 2.90. The molecule has 2 amide bonds. The Morgan fingerprint density at radius 2 is 2.00 bits per heavy atom. The number of nitrogens with zero attached hydrogens (tertiary/aromatic N) is 1. The molecule has 24 heavy (non-hydrogen) atoms. The minimum Gasteiger partial charge on any atom is -0.387 e. The van der Waals surface area contributed by atoms with E-state index >= 15 is 0 Å². The average Bonchev–Trinajstić information content (AvgIpc) is 2.54. The molecule has 1 fully saturated rings. The van der Waals surface area contributed by atoms with Gasteiger partial charge < -0.3 is 15.3 Å². The summed E-state index contributed by atoms with van der Waals surface area (Å²) in [5.74, 6) is -0.431. The third-order valence-corrected chi connectivity index (χ3v) is 4.16. The van der Waals surface area contributed by atoms with E-state index in [-0.39, 0.29) is 36.0 Å². The predicted octanol–water partition coefficient (Wildman–Crippen LogP) is 1.87. The summed E-state index contributed by atoms with van der Waals surface area (Å²) in [5, 5.41) is 13.1. The molecule has 5 nitrogen and oxygen atoms in total. The van der Waals surface area contributed by atoms with Gasteiger partial charge in [-0.3, -0.25) is 9.59 Å². The Morgan fingerprint density at radius 1 is 1.33 bits per heavy atom. The molecule has 0 aromatic heterocycles. The highest BCUT2D eigenvalue weighted by Crippen LogP contribution is 2.20. The van der Waals surface area contributed by atoms with E-state index in [0.29, 0.717) is 31.5 Å². The monoisotopic (exact) mass is 336 g/mol. The molecule has 132 valence electrons. The summed E-state index contributed by atoms with van der Waals surface area (Å²) in [5.41, 5.74) is 0.579. The Kier molecular flexibility index (Phi) is 6.31. The fraction of sp³-hybridized carbons (Fsp3) is 0.556. The van der Waals surface area contributed by atoms with Gasteiger partial charge in [0.1, 0.15) is 5.82 Å². The summed E-state index contributed by atoms with van der Waals surface area (Å²) >= 11 is 0. The first kappa shape index (κ1) is 18.4. The van der Waals surface area contributed by atoms with E-state index < -0.39 is 6.10 Å². The Hall–Kier alpha value is -1.95. The van der Waals surface area contributed by atoms with Crippen molar-refractivity contribution in [1.29, 1.82) is 0 Å². The molecular formula is C18H25FN2O3. The molecule has 2 N–H and O–H groups in total. The zero-order valence-electron chi connectivity index (χ0n) is 14.2. The molecule has 1 saturated heterocycles. The Bertz CT molecular complexity index is 564. The van der Waals surface area contributed by atoms with Crippen LogP contribution in [-0.4, -0.2) is 41.5 Å². The summed E-state index contributed by atoms with van der Waals surface area (Å²) < 4.78 is 13.0. The van der Waals surface area contributed by atoms with Crippen LogP contribution in [0.25, 0.3) is 0 Å². The number of benzene rings is 1. The van der Waals surface area contributed by atoms with Gasteiger partial charge in [-0.2, -0.15) is 0 Å². The number of hydrogen-bond donors (Lipinski definition) is 2. The third kappa shape index (κ3) is 5.03. The van der Waals surface area contributed by atoms with Crippen molar-refractivity contribution >= 4 is 11.8 Å². The fourth-order valence-corrected chi connectivity index (χ4v) is 2.90. The first-order chi connectivity index (χ1) is 11.4. The highest BCUT2D eigenvalue weighted by molar-refractivity contribution is 5.83. The summed E-state index contributed by atoms with van der Waals surface area (Å²) in [4.78, 5) is 25.7. The molecule has 2 unspecified atom stereocenters. The minimum atomic E-state index is -0.869. The van der Waals surface area contributed by atoms with Crippen molar-refractivity contribution in [2.45, 2.75) is 32.8 Å². The highest BCUT2D eigenvalue weighted by Gasteiger charge is 2.29. The largest absolute Gasteiger partial charge is 0.387 e. The molecule has 1 aromatic rings. The van der Waals surface area contributed by atoms with Gasteiger partial charge in [-0.25, -0.2) is 4.39 Å². The quantitative estimate of drug-likeness (QED) is 0.833. The van der Waals surface area contributed by atoms with Crippen LogP contribution in [0.4, 0.5) is 4.39 Å². The van der Waals surface area contributed by atoms with Crippen molar-refractivity contribution in [2.75, 3.05) is 19.6 Å². The van der Waals surface area contributed by atoms with Gasteiger partial charge >= 0.3 is 0 Å². The molecule has 6 heteroatoms. The Labute approximate surface area is 141 Å². The number of aliphatic hydroxyl groups is 1. The van der Waals surface area contributed by atoms with Gasteiger partial charge in [0.25, 0.3) is 0 Å². The third-order valence-electron chi connectivity index (χ3n) is 4.16. The molecule has 1 aliphatic rings. The van der Waals surface area contributed by atoms with Crippen LogP contribution in [0.3, 0.4) is 0 Å². The van der Waals surface area contributed by atoms with Crippen molar-refractivity contribution in [2.24, 2.45) is 11.8 Å². The molecular weight excluding hydrogens is 311 g/mol. The number of carbonyl (C=O) groups is 2. The molecule has 0 saturated carbocycles. The van der Waals surface area contributed by atoms with Crippen LogP contribution in [0, 0.1) is 17.7 Å². The molecule has 2 rings (SSSR count). The predicted molar refractivity (Wildman–Crippen MR) is 88.5 cm³/mol. The standard InChI is InChI=1S/C18H25FN2O3/c1-12(2)10-21(18(24)14-5-8-17(23)20-9-14)11-16(22)13-3-6-15(19)7-4-13/h3-4,6-7,12,14,16,22H,5,8-11H2,1-2H3,(H,20,23). The Balaban J connectivity index is 2.05. The summed E-state index contributed by atoms with van der Waals surface area (Å²) in [6.45, 7) is 5.05. The summed E-state index contributed by atoms with van der Waals surface area (Å²) in [6.07, 6.45) is 0.0182. The molecule has 0 bridgehead atoms. The van der Waals surface area contributed by atoms with Crippen molar-refractivity contribution in [3.63, 3.8) is 0 Å². The number of piperidine rings is 1. The molecule has 1 aliphatic heterocycles. The minimum absolute atomic E-state index is 0.0270. The van der Waals surface area contributed by atoms with Gasteiger partial charge in [0, 0.05) is 19.5 Å². The number of rotatable bonds is 6. The van der Waals surface area contributed by atoms with Gasteiger partial charge in [-0.15, -0.1) is 0 Å². The van der Waals surface area contributed by atoms with E-state index in [1.54, 1.807) is 4.90 Å². The van der Waals surface area contributed by atoms with Gasteiger partial charge in [0.2, 0.25) is 11.8 Å². The van der Waals surface area contributed by atoms with Crippen LogP contribution in [0.1, 0.15) is 38.4 Å². The van der Waals surface area contributed by atoms with Crippen LogP contribution in [0.15, 0.2) is 24.3 Å². The number of aliphatic hydroxyl groups excluding tert-OH is 1. The lowest BCUT2D eigenvalue weighted by Gasteiger charge is -2.32. The topological polar surface area (TPSA) is 69.6 Å². The maximum Gasteiger partial charge on any atom is 0.227 e. The van der Waals surface area contributed by atoms with Crippen molar-refractivity contribution in [3.8, 4) is 0 Å². The normalized spacial score (nSPS) is 19.0. The van der Waals surface area contributed by atoms with Gasteiger partial charge in [-0.1, -0.05) is 26.0 Å². The van der Waals surface area contributed by atoms with Crippen LogP contribution >= 0.6 is 0 Å². The first-order valence-electron chi connectivity index (χ1n) is 8.36. The second kappa shape index (κ2) is 8.24. The lowest BCUT2D eigenvalue weighted by atomic mass is 9.96. The number of carbonyl (C=O) groups excluding carboxylic acids is 2. The second-order valence-corrected chi connectivity index (χ2v) is 6.74. The highest BCUT2D eigenvalue weighted by atomic mass is 19.1. The zero-order chi connectivity index (χ0) is 17.7. The molecule has 2 atom stereocenters. The number of amides is 2. The van der Waals surface area contributed by atoms with Gasteiger partial charge in [0.15, 0.2) is 0 Å². The van der Waals surface area contributed by atoms with E-state index in [1.807, 2.05) is 13.8 Å². The van der Waals surface area contributed by atoms with Crippen LogP contribution in [0.2, 0.25) is 0 Å². The van der Waals surface area contributed by atoms with Crippen molar-refractivity contribution in [1.82, 2.24) is 10.2 Å². The van der Waals surface area contributed by atoms with Crippen molar-refractivity contribution < 1.29 is 19.1 Å². The molecule has 1 heterocycles. The summed E-state index contributed by atoms with van der Waals surface area (Å²) in [7, 11) is 0. The number of nitrogens with one attached hydrogen (secondary N) is 1. The number of hydrogen-bond acceptors (Lipinski definition) is 3. The Morgan fingerprint density at radius 3 is 2.54 bits per heavy atom. The first-order valence-corrected chi connectivity index (χ1v) is 8.36. The molecule has 0 spiro atoms. The lowest BCUT2D eigenvalue weighted by Crippen LogP contribution is -2.47. The van der Waals surface area contributed by atoms with E-state index in [4.69, 9.17) is 0 Å². The SMILES string of the molecule is CC(C)CN(CC(O)c1ccc(F)cc1)C(=O)C1CCC(=O)NC1.